The number of ether oxygens (including phenoxy) is 1. The molecule has 2 rings (SSSR count). The number of hydrogen-bond acceptors (Lipinski definition) is 4. The number of nitrogens with one attached hydrogen (secondary N) is 2. The van der Waals surface area contributed by atoms with E-state index in [0.29, 0.717) is 13.2 Å². The first-order valence-electron chi connectivity index (χ1n) is 7.57. The second-order valence-corrected chi connectivity index (χ2v) is 5.06. The lowest BCUT2D eigenvalue weighted by molar-refractivity contribution is 0.179. The summed E-state index contributed by atoms with van der Waals surface area (Å²) in [6.07, 6.45) is 2.71. The molecule has 22 heavy (non-hydrogen) atoms. The van der Waals surface area contributed by atoms with Crippen LogP contribution >= 0.6 is 0 Å². The first-order chi connectivity index (χ1) is 10.7. The third-order valence-electron chi connectivity index (χ3n) is 3.13. The van der Waals surface area contributed by atoms with Crippen LogP contribution < -0.4 is 10.6 Å². The zero-order valence-corrected chi connectivity index (χ0v) is 13.4. The Labute approximate surface area is 130 Å². The topological polar surface area (TPSA) is 75.8 Å². The van der Waals surface area contributed by atoms with Gasteiger partial charge < -0.3 is 15.4 Å². The van der Waals surface area contributed by atoms with Crippen molar-refractivity contribution in [2.75, 3.05) is 26.8 Å². The van der Waals surface area contributed by atoms with Crippen LogP contribution in [0.4, 0.5) is 0 Å². The van der Waals surface area contributed by atoms with Crippen LogP contribution in [0.5, 0.6) is 0 Å². The number of rotatable bonds is 7. The fourth-order valence-corrected chi connectivity index (χ4v) is 2.17. The minimum absolute atomic E-state index is 0.205. The molecule has 0 saturated heterocycles. The molecule has 7 heteroatoms. The van der Waals surface area contributed by atoms with Gasteiger partial charge in [-0.05, 0) is 26.0 Å². The highest BCUT2D eigenvalue weighted by Crippen LogP contribution is 2.03. The Morgan fingerprint density at radius 2 is 2.27 bits per heavy atom. The molecule has 2 N–H and O–H groups in total. The average molecular weight is 304 g/mol. The Hall–Kier alpha value is -2.15. The lowest BCUT2D eigenvalue weighted by Gasteiger charge is -2.16. The van der Waals surface area contributed by atoms with Gasteiger partial charge >= 0.3 is 0 Å². The zero-order valence-electron chi connectivity index (χ0n) is 13.4. The highest BCUT2D eigenvalue weighted by Gasteiger charge is 2.06. The fraction of sp³-hybridized carbons (Fsp3) is 0.533. The number of methoxy groups -OCH3 is 1. The highest BCUT2D eigenvalue weighted by atomic mass is 16.5. The van der Waals surface area contributed by atoms with Crippen molar-refractivity contribution in [3.05, 3.63) is 30.2 Å². The molecule has 0 aromatic carbocycles. The minimum Gasteiger partial charge on any atom is -0.383 e. The Morgan fingerprint density at radius 1 is 1.41 bits per heavy atom. The average Bonchev–Trinajstić information content (AvgIpc) is 2.91. The lowest BCUT2D eigenvalue weighted by atomic mass is 10.3. The molecule has 2 aromatic rings. The van der Waals surface area contributed by atoms with Crippen LogP contribution in [0.15, 0.2) is 29.4 Å². The zero-order chi connectivity index (χ0) is 15.8. The standard InChI is InChI=1S/C15H24N6O/c1-4-16-15(18-12(2)11-22-3)17-9-8-14-20-19-13-7-5-6-10-21(13)14/h5-7,10,12H,4,8-9,11H2,1-3H3,(H2,16,17,18). The van der Waals surface area contributed by atoms with E-state index in [0.717, 1.165) is 30.4 Å². The first-order valence-corrected chi connectivity index (χ1v) is 7.57. The largest absolute Gasteiger partial charge is 0.383 e. The lowest BCUT2D eigenvalue weighted by Crippen LogP contribution is -2.44. The molecule has 0 aliphatic rings. The maximum Gasteiger partial charge on any atom is 0.191 e. The van der Waals surface area contributed by atoms with Crippen molar-refractivity contribution in [3.8, 4) is 0 Å². The fourth-order valence-electron chi connectivity index (χ4n) is 2.17. The van der Waals surface area contributed by atoms with Crippen molar-refractivity contribution < 1.29 is 4.74 Å². The molecule has 2 aromatic heterocycles. The second kappa shape index (κ2) is 8.33. The molecule has 0 aliphatic carbocycles. The van der Waals surface area contributed by atoms with Crippen LogP contribution in [0.25, 0.3) is 5.65 Å². The second-order valence-electron chi connectivity index (χ2n) is 5.06. The third-order valence-corrected chi connectivity index (χ3v) is 3.13. The SMILES string of the molecule is CCNC(=NCCc1nnc2ccccn12)NC(C)COC. The van der Waals surface area contributed by atoms with Gasteiger partial charge in [-0.15, -0.1) is 10.2 Å². The number of aromatic nitrogens is 3. The number of fused-ring (bicyclic) bond motifs is 1. The Balaban J connectivity index is 1.95. The number of guanidine groups is 1. The molecule has 0 aliphatic heterocycles. The summed E-state index contributed by atoms with van der Waals surface area (Å²) in [5.41, 5.74) is 0.861. The number of aliphatic imine (C=N–C) groups is 1. The molecule has 0 fully saturated rings. The highest BCUT2D eigenvalue weighted by molar-refractivity contribution is 5.80. The molecule has 0 saturated carbocycles. The molecule has 1 atom stereocenters. The van der Waals surface area contributed by atoms with Gasteiger partial charge in [0, 0.05) is 38.9 Å². The first kappa shape index (κ1) is 16.2. The summed E-state index contributed by atoms with van der Waals surface area (Å²) in [7, 11) is 1.69. The molecule has 2 heterocycles. The number of hydrogen-bond donors (Lipinski definition) is 2. The summed E-state index contributed by atoms with van der Waals surface area (Å²) in [4.78, 5) is 4.58. The Bertz CT molecular complexity index is 609. The van der Waals surface area contributed by atoms with Crippen LogP contribution in [0, 0.1) is 0 Å². The molecule has 7 nitrogen and oxygen atoms in total. The van der Waals surface area contributed by atoms with Crippen LogP contribution in [0.3, 0.4) is 0 Å². The molecule has 0 spiro atoms. The van der Waals surface area contributed by atoms with Crippen LogP contribution in [0.1, 0.15) is 19.7 Å². The van der Waals surface area contributed by atoms with Gasteiger partial charge in [-0.3, -0.25) is 9.39 Å². The van der Waals surface area contributed by atoms with Gasteiger partial charge in [0.25, 0.3) is 0 Å². The summed E-state index contributed by atoms with van der Waals surface area (Å²) in [6, 6.07) is 6.08. The summed E-state index contributed by atoms with van der Waals surface area (Å²) in [6.45, 7) is 6.20. The van der Waals surface area contributed by atoms with Crippen molar-refractivity contribution in [3.63, 3.8) is 0 Å². The molecule has 1 unspecified atom stereocenters. The van der Waals surface area contributed by atoms with Crippen molar-refractivity contribution >= 4 is 11.6 Å². The summed E-state index contributed by atoms with van der Waals surface area (Å²) in [5.74, 6) is 1.71. The molecule has 0 bridgehead atoms. The van der Waals surface area contributed by atoms with Gasteiger partial charge in [0.1, 0.15) is 5.82 Å². The van der Waals surface area contributed by atoms with Gasteiger partial charge in [-0.1, -0.05) is 6.07 Å². The number of nitrogens with zero attached hydrogens (tertiary/aromatic N) is 4. The van der Waals surface area contributed by atoms with Crippen molar-refractivity contribution in [2.45, 2.75) is 26.3 Å². The van der Waals surface area contributed by atoms with Gasteiger partial charge in [0.2, 0.25) is 0 Å². The Morgan fingerprint density at radius 3 is 3.05 bits per heavy atom. The van der Waals surface area contributed by atoms with E-state index >= 15 is 0 Å². The summed E-state index contributed by atoms with van der Waals surface area (Å²) < 4.78 is 7.12. The summed E-state index contributed by atoms with van der Waals surface area (Å²) in [5, 5.41) is 14.9. The molecular formula is C15H24N6O. The van der Waals surface area contributed by atoms with Gasteiger partial charge in [0.05, 0.1) is 6.61 Å². The van der Waals surface area contributed by atoms with E-state index in [1.54, 1.807) is 7.11 Å². The number of pyridine rings is 1. The van der Waals surface area contributed by atoms with Crippen LogP contribution in [-0.4, -0.2) is 53.4 Å². The minimum atomic E-state index is 0.205. The predicted octanol–water partition coefficient (Wildman–Crippen LogP) is 0.862. The van der Waals surface area contributed by atoms with Crippen LogP contribution in [-0.2, 0) is 11.2 Å². The third kappa shape index (κ3) is 4.42. The maximum absolute atomic E-state index is 5.13. The van der Waals surface area contributed by atoms with Gasteiger partial charge in [-0.25, -0.2) is 0 Å². The summed E-state index contributed by atoms with van der Waals surface area (Å²) >= 11 is 0. The van der Waals surface area contributed by atoms with E-state index in [1.165, 1.54) is 0 Å². The predicted molar refractivity (Wildman–Crippen MR) is 87.1 cm³/mol. The van der Waals surface area contributed by atoms with Crippen molar-refractivity contribution in [2.24, 2.45) is 4.99 Å². The van der Waals surface area contributed by atoms with Crippen molar-refractivity contribution in [1.29, 1.82) is 0 Å². The van der Waals surface area contributed by atoms with E-state index in [-0.39, 0.29) is 6.04 Å². The van der Waals surface area contributed by atoms with E-state index in [1.807, 2.05) is 35.7 Å². The molecule has 0 radical (unpaired) electrons. The molecule has 120 valence electrons. The normalized spacial score (nSPS) is 13.3. The van der Waals surface area contributed by atoms with Gasteiger partial charge in [0.15, 0.2) is 11.6 Å². The van der Waals surface area contributed by atoms with Gasteiger partial charge in [-0.2, -0.15) is 0 Å². The Kier molecular flexibility index (Phi) is 6.14. The van der Waals surface area contributed by atoms with E-state index in [4.69, 9.17) is 4.74 Å². The molecular weight excluding hydrogens is 280 g/mol. The van der Waals surface area contributed by atoms with E-state index < -0.39 is 0 Å². The smallest absolute Gasteiger partial charge is 0.191 e. The van der Waals surface area contributed by atoms with E-state index in [9.17, 15) is 0 Å². The van der Waals surface area contributed by atoms with E-state index in [2.05, 4.69) is 32.7 Å². The maximum atomic E-state index is 5.13. The quantitative estimate of drug-likeness (QED) is 0.586. The monoisotopic (exact) mass is 304 g/mol. The van der Waals surface area contributed by atoms with Crippen molar-refractivity contribution in [1.82, 2.24) is 25.2 Å². The molecule has 0 amide bonds. The van der Waals surface area contributed by atoms with Crippen LogP contribution in [0.2, 0.25) is 0 Å².